The Balaban J connectivity index is 1.98. The van der Waals surface area contributed by atoms with Gasteiger partial charge in [0.1, 0.15) is 0 Å². The van der Waals surface area contributed by atoms with Crippen LogP contribution in [0.3, 0.4) is 0 Å². The Labute approximate surface area is 90.2 Å². The molecule has 0 bridgehead atoms. The zero-order chi connectivity index (χ0) is 9.97. The number of rotatable bonds is 2. The van der Waals surface area contributed by atoms with E-state index < -0.39 is 0 Å². The summed E-state index contributed by atoms with van der Waals surface area (Å²) in [4.78, 5) is 11.7. The van der Waals surface area contributed by atoms with Crippen molar-refractivity contribution in [3.05, 3.63) is 22.6 Å². The van der Waals surface area contributed by atoms with Crippen LogP contribution in [0.1, 0.15) is 16.8 Å². The van der Waals surface area contributed by atoms with Gasteiger partial charge < -0.3 is 15.1 Å². The van der Waals surface area contributed by atoms with E-state index in [1.165, 1.54) is 6.26 Å². The molecule has 0 spiro atoms. The average Bonchev–Trinajstić information content (AvgIpc) is 2.75. The largest absolute Gasteiger partial charge is 0.457 e. The summed E-state index contributed by atoms with van der Waals surface area (Å²) in [5, 5.41) is 6.12. The van der Waals surface area contributed by atoms with Crippen molar-refractivity contribution in [2.75, 3.05) is 13.1 Å². The van der Waals surface area contributed by atoms with E-state index in [-0.39, 0.29) is 11.9 Å². The predicted octanol–water partition coefficient (Wildman–Crippen LogP) is 1.13. The first kappa shape index (κ1) is 9.73. The lowest BCUT2D eigenvalue weighted by molar-refractivity contribution is 0.0938. The van der Waals surface area contributed by atoms with Crippen molar-refractivity contribution < 1.29 is 9.21 Å². The van der Waals surface area contributed by atoms with Gasteiger partial charge in [0, 0.05) is 12.6 Å². The van der Waals surface area contributed by atoms with Gasteiger partial charge in [-0.15, -0.1) is 0 Å². The Morgan fingerprint density at radius 1 is 1.71 bits per heavy atom. The molecule has 5 heteroatoms. The van der Waals surface area contributed by atoms with E-state index in [1.54, 1.807) is 6.07 Å². The van der Waals surface area contributed by atoms with E-state index in [4.69, 9.17) is 4.42 Å². The highest BCUT2D eigenvalue weighted by Crippen LogP contribution is 2.17. The molecule has 0 unspecified atom stereocenters. The van der Waals surface area contributed by atoms with Crippen molar-refractivity contribution in [1.82, 2.24) is 10.6 Å². The van der Waals surface area contributed by atoms with E-state index >= 15 is 0 Å². The van der Waals surface area contributed by atoms with Crippen molar-refractivity contribution >= 4 is 21.8 Å². The summed E-state index contributed by atoms with van der Waals surface area (Å²) in [6.45, 7) is 1.82. The Hall–Kier alpha value is -0.810. The summed E-state index contributed by atoms with van der Waals surface area (Å²) in [5.41, 5.74) is 0.553. The van der Waals surface area contributed by atoms with E-state index in [0.717, 1.165) is 19.5 Å². The Morgan fingerprint density at radius 2 is 2.57 bits per heavy atom. The maximum atomic E-state index is 11.7. The van der Waals surface area contributed by atoms with E-state index in [9.17, 15) is 4.79 Å². The first-order valence-electron chi connectivity index (χ1n) is 4.52. The summed E-state index contributed by atoms with van der Waals surface area (Å²) in [5.74, 6) is -0.0840. The zero-order valence-electron chi connectivity index (χ0n) is 7.55. The number of hydrogen-bond acceptors (Lipinski definition) is 3. The summed E-state index contributed by atoms with van der Waals surface area (Å²) in [6.07, 6.45) is 2.48. The van der Waals surface area contributed by atoms with Gasteiger partial charge in [0.05, 0.1) is 11.8 Å². The van der Waals surface area contributed by atoms with Gasteiger partial charge in [0.2, 0.25) is 0 Å². The van der Waals surface area contributed by atoms with Crippen molar-refractivity contribution in [3.8, 4) is 0 Å². The number of furan rings is 1. The molecule has 0 radical (unpaired) electrons. The van der Waals surface area contributed by atoms with Gasteiger partial charge in [-0.25, -0.2) is 0 Å². The summed E-state index contributed by atoms with van der Waals surface area (Å²) in [7, 11) is 0. The molecule has 4 nitrogen and oxygen atoms in total. The minimum atomic E-state index is -0.0840. The second-order valence-corrected chi connectivity index (χ2v) is 3.99. The van der Waals surface area contributed by atoms with Gasteiger partial charge >= 0.3 is 0 Å². The summed E-state index contributed by atoms with van der Waals surface area (Å²) >= 11 is 3.17. The highest BCUT2D eigenvalue weighted by atomic mass is 79.9. The normalized spacial score (nSPS) is 21.1. The molecular formula is C9H11BrN2O2. The number of carbonyl (C=O) groups excluding carboxylic acids is 1. The third-order valence-electron chi connectivity index (χ3n) is 2.26. The molecule has 0 aliphatic carbocycles. The molecular weight excluding hydrogens is 248 g/mol. The minimum Gasteiger partial charge on any atom is -0.457 e. The van der Waals surface area contributed by atoms with Crippen LogP contribution in [0.15, 0.2) is 21.4 Å². The quantitative estimate of drug-likeness (QED) is 0.837. The Kier molecular flexibility index (Phi) is 2.88. The molecule has 2 N–H and O–H groups in total. The smallest absolute Gasteiger partial charge is 0.256 e. The topological polar surface area (TPSA) is 54.3 Å². The van der Waals surface area contributed by atoms with Gasteiger partial charge in [-0.3, -0.25) is 4.79 Å². The fourth-order valence-electron chi connectivity index (χ4n) is 1.50. The van der Waals surface area contributed by atoms with Crippen LogP contribution in [0.25, 0.3) is 0 Å². The van der Waals surface area contributed by atoms with Crippen LogP contribution in [-0.2, 0) is 0 Å². The number of carbonyl (C=O) groups is 1. The third kappa shape index (κ3) is 1.99. The molecule has 1 fully saturated rings. The lowest BCUT2D eigenvalue weighted by Crippen LogP contribution is -2.36. The van der Waals surface area contributed by atoms with Crippen LogP contribution >= 0.6 is 15.9 Å². The fourth-order valence-corrected chi connectivity index (χ4v) is 1.92. The molecule has 76 valence electrons. The Morgan fingerprint density at radius 3 is 3.14 bits per heavy atom. The number of halogens is 1. The first-order valence-corrected chi connectivity index (χ1v) is 5.31. The lowest BCUT2D eigenvalue weighted by Gasteiger charge is -2.09. The molecule has 1 atom stereocenters. The van der Waals surface area contributed by atoms with Crippen LogP contribution in [0, 0.1) is 0 Å². The monoisotopic (exact) mass is 258 g/mol. The van der Waals surface area contributed by atoms with Gasteiger partial charge in [0.15, 0.2) is 4.67 Å². The van der Waals surface area contributed by atoms with E-state index in [0.29, 0.717) is 10.2 Å². The lowest BCUT2D eigenvalue weighted by atomic mass is 10.2. The fraction of sp³-hybridized carbons (Fsp3) is 0.444. The molecule has 1 amide bonds. The van der Waals surface area contributed by atoms with Gasteiger partial charge in [0.25, 0.3) is 5.91 Å². The molecule has 14 heavy (non-hydrogen) atoms. The molecule has 0 saturated carbocycles. The van der Waals surface area contributed by atoms with Crippen LogP contribution in [0.2, 0.25) is 0 Å². The van der Waals surface area contributed by atoms with Crippen molar-refractivity contribution in [1.29, 1.82) is 0 Å². The van der Waals surface area contributed by atoms with E-state index in [1.807, 2.05) is 0 Å². The number of amides is 1. The Bertz CT molecular complexity index is 331. The van der Waals surface area contributed by atoms with Crippen LogP contribution < -0.4 is 10.6 Å². The molecule has 2 heterocycles. The van der Waals surface area contributed by atoms with Crippen LogP contribution in [0.5, 0.6) is 0 Å². The summed E-state index contributed by atoms with van der Waals surface area (Å²) in [6, 6.07) is 1.89. The van der Waals surface area contributed by atoms with Gasteiger partial charge in [-0.1, -0.05) is 0 Å². The second kappa shape index (κ2) is 4.14. The summed E-state index contributed by atoms with van der Waals surface area (Å²) < 4.78 is 5.48. The van der Waals surface area contributed by atoms with Crippen LogP contribution in [0.4, 0.5) is 0 Å². The zero-order valence-corrected chi connectivity index (χ0v) is 9.13. The van der Waals surface area contributed by atoms with Crippen molar-refractivity contribution in [2.24, 2.45) is 0 Å². The molecule has 2 rings (SSSR count). The number of hydrogen-bond donors (Lipinski definition) is 2. The van der Waals surface area contributed by atoms with E-state index in [2.05, 4.69) is 26.6 Å². The minimum absolute atomic E-state index is 0.0840. The van der Waals surface area contributed by atoms with Crippen molar-refractivity contribution in [3.63, 3.8) is 0 Å². The molecule has 1 aromatic rings. The molecule has 1 aromatic heterocycles. The van der Waals surface area contributed by atoms with Gasteiger partial charge in [-0.2, -0.15) is 0 Å². The SMILES string of the molecule is O=C(N[C@@H]1CCNC1)c1ccoc1Br. The average molecular weight is 259 g/mol. The predicted molar refractivity (Wildman–Crippen MR) is 55.1 cm³/mol. The highest BCUT2D eigenvalue weighted by molar-refractivity contribution is 9.10. The molecule has 1 aliphatic heterocycles. The van der Waals surface area contributed by atoms with Crippen LogP contribution in [-0.4, -0.2) is 25.0 Å². The third-order valence-corrected chi connectivity index (χ3v) is 2.87. The molecule has 1 saturated heterocycles. The highest BCUT2D eigenvalue weighted by Gasteiger charge is 2.19. The van der Waals surface area contributed by atoms with Gasteiger partial charge in [-0.05, 0) is 35.0 Å². The second-order valence-electron chi connectivity index (χ2n) is 3.27. The number of nitrogens with one attached hydrogen (secondary N) is 2. The molecule has 0 aromatic carbocycles. The molecule has 1 aliphatic rings. The maximum absolute atomic E-state index is 11.7. The maximum Gasteiger partial charge on any atom is 0.256 e. The standard InChI is InChI=1S/C9H11BrN2O2/c10-8-7(2-4-14-8)9(13)12-6-1-3-11-5-6/h2,4,6,11H,1,3,5H2,(H,12,13)/t6-/m1/s1. The van der Waals surface area contributed by atoms with Crippen molar-refractivity contribution in [2.45, 2.75) is 12.5 Å². The first-order chi connectivity index (χ1) is 6.77.